The van der Waals surface area contributed by atoms with Crippen molar-refractivity contribution in [2.24, 2.45) is 0 Å². The Morgan fingerprint density at radius 2 is 1.94 bits per heavy atom. The fourth-order valence-electron chi connectivity index (χ4n) is 1.78. The third-order valence-corrected chi connectivity index (χ3v) is 3.11. The first kappa shape index (κ1) is 16.9. The van der Waals surface area contributed by atoms with Crippen LogP contribution in [-0.2, 0) is 9.59 Å². The highest BCUT2D eigenvalue weighted by Crippen LogP contribution is 2.07. The van der Waals surface area contributed by atoms with Crippen LogP contribution in [0.2, 0.25) is 0 Å². The zero-order valence-corrected chi connectivity index (χ0v) is 11.9. The van der Waals surface area contributed by atoms with E-state index in [4.69, 9.17) is 5.11 Å². The maximum atomic E-state index is 11.1. The van der Waals surface area contributed by atoms with Gasteiger partial charge in [-0.2, -0.15) is 0 Å². The molecule has 0 bridgehead atoms. The fourth-order valence-corrected chi connectivity index (χ4v) is 1.78. The number of hydrogen-bond acceptors (Lipinski definition) is 3. The van der Waals surface area contributed by atoms with Gasteiger partial charge in [0.25, 0.3) is 0 Å². The van der Waals surface area contributed by atoms with Gasteiger partial charge in [0.15, 0.2) is 0 Å². The lowest BCUT2D eigenvalue weighted by Gasteiger charge is -2.30. The molecule has 0 radical (unpaired) electrons. The van der Waals surface area contributed by atoms with Crippen LogP contribution in [0.15, 0.2) is 0 Å². The largest absolute Gasteiger partial charge is 0.480 e. The van der Waals surface area contributed by atoms with Crippen molar-refractivity contribution in [3.63, 3.8) is 0 Å². The van der Waals surface area contributed by atoms with Gasteiger partial charge in [0.1, 0.15) is 6.04 Å². The van der Waals surface area contributed by atoms with E-state index in [1.807, 2.05) is 0 Å². The minimum atomic E-state index is -0.977. The number of rotatable bonds is 9. The summed E-state index contributed by atoms with van der Waals surface area (Å²) in [4.78, 5) is 24.3. The van der Waals surface area contributed by atoms with Crippen LogP contribution in [0.4, 0.5) is 0 Å². The number of carboxylic acid groups (broad SMARTS) is 1. The van der Waals surface area contributed by atoms with Crippen molar-refractivity contribution < 1.29 is 14.7 Å². The Morgan fingerprint density at radius 1 is 1.33 bits per heavy atom. The first-order valence-electron chi connectivity index (χ1n) is 6.66. The molecule has 0 aromatic carbocycles. The third-order valence-electron chi connectivity index (χ3n) is 3.11. The number of carbonyl (C=O) groups is 2. The number of nitrogens with one attached hydrogen (secondary N) is 1. The van der Waals surface area contributed by atoms with Crippen molar-refractivity contribution in [1.82, 2.24) is 10.2 Å². The smallest absolute Gasteiger partial charge is 0.327 e. The summed E-state index contributed by atoms with van der Waals surface area (Å²) in [6, 6.07) is -0.500. The summed E-state index contributed by atoms with van der Waals surface area (Å²) in [5, 5.41) is 11.6. The number of carboxylic acids is 1. The molecule has 0 heterocycles. The van der Waals surface area contributed by atoms with E-state index in [0.29, 0.717) is 12.6 Å². The van der Waals surface area contributed by atoms with E-state index >= 15 is 0 Å². The van der Waals surface area contributed by atoms with Crippen LogP contribution in [0, 0.1) is 0 Å². The monoisotopic (exact) mass is 258 g/mol. The average Bonchev–Trinajstić information content (AvgIpc) is 2.31. The first-order valence-corrected chi connectivity index (χ1v) is 6.66. The molecule has 2 N–H and O–H groups in total. The zero-order valence-electron chi connectivity index (χ0n) is 11.9. The molecule has 0 aromatic rings. The minimum absolute atomic E-state index is 0.304. The number of hydrogen-bond donors (Lipinski definition) is 2. The summed E-state index contributed by atoms with van der Waals surface area (Å²) in [5.74, 6) is -1.28. The summed E-state index contributed by atoms with van der Waals surface area (Å²) in [6.07, 6.45) is 3.08. The molecule has 0 aliphatic carbocycles. The predicted octanol–water partition coefficient (Wildman–Crippen LogP) is 1.48. The minimum Gasteiger partial charge on any atom is -0.480 e. The average molecular weight is 258 g/mol. The summed E-state index contributed by atoms with van der Waals surface area (Å²) in [7, 11) is 0. The van der Waals surface area contributed by atoms with Gasteiger partial charge in [-0.25, -0.2) is 4.79 Å². The van der Waals surface area contributed by atoms with Gasteiger partial charge < -0.3 is 10.4 Å². The number of carbonyl (C=O) groups excluding carboxylic acids is 1. The molecule has 106 valence electrons. The van der Waals surface area contributed by atoms with E-state index in [1.54, 1.807) is 0 Å². The highest BCUT2D eigenvalue weighted by molar-refractivity contribution is 5.82. The standard InChI is InChI=1S/C13H26N2O3/c1-5-7-8-15(10(3)6-2)9-12(13(17)18)14-11(4)16/h10,12H,5-9H2,1-4H3,(H,14,16)(H,17,18). The van der Waals surface area contributed by atoms with Crippen LogP contribution >= 0.6 is 0 Å². The predicted molar refractivity (Wildman–Crippen MR) is 71.5 cm³/mol. The van der Waals surface area contributed by atoms with Crippen molar-refractivity contribution in [3.05, 3.63) is 0 Å². The number of unbranched alkanes of at least 4 members (excludes halogenated alkanes) is 1. The lowest BCUT2D eigenvalue weighted by Crippen LogP contribution is -2.50. The number of amides is 1. The molecular weight excluding hydrogens is 232 g/mol. The molecule has 0 fully saturated rings. The van der Waals surface area contributed by atoms with Gasteiger partial charge in [0.05, 0.1) is 0 Å². The van der Waals surface area contributed by atoms with Crippen molar-refractivity contribution in [2.75, 3.05) is 13.1 Å². The van der Waals surface area contributed by atoms with Crippen LogP contribution in [0.1, 0.15) is 47.0 Å². The summed E-state index contributed by atoms with van der Waals surface area (Å²) < 4.78 is 0. The van der Waals surface area contributed by atoms with Gasteiger partial charge in [-0.3, -0.25) is 9.69 Å². The van der Waals surface area contributed by atoms with Crippen LogP contribution in [0.25, 0.3) is 0 Å². The third kappa shape index (κ3) is 6.59. The Balaban J connectivity index is 4.57. The molecule has 18 heavy (non-hydrogen) atoms. The summed E-state index contributed by atoms with van der Waals surface area (Å²) >= 11 is 0. The molecule has 1 amide bonds. The number of nitrogens with zero attached hydrogens (tertiary/aromatic N) is 1. The maximum Gasteiger partial charge on any atom is 0.327 e. The van der Waals surface area contributed by atoms with Gasteiger partial charge >= 0.3 is 5.97 Å². The van der Waals surface area contributed by atoms with Crippen LogP contribution < -0.4 is 5.32 Å². The van der Waals surface area contributed by atoms with E-state index < -0.39 is 12.0 Å². The summed E-state index contributed by atoms with van der Waals surface area (Å²) in [6.45, 7) is 8.85. The van der Waals surface area contributed by atoms with E-state index in [-0.39, 0.29) is 5.91 Å². The van der Waals surface area contributed by atoms with Gasteiger partial charge in [0.2, 0.25) is 5.91 Å². The molecule has 0 rings (SSSR count). The van der Waals surface area contributed by atoms with Crippen LogP contribution in [0.5, 0.6) is 0 Å². The van der Waals surface area contributed by atoms with Crippen LogP contribution in [-0.4, -0.2) is 47.1 Å². The molecule has 2 atom stereocenters. The van der Waals surface area contributed by atoms with Gasteiger partial charge in [-0.15, -0.1) is 0 Å². The van der Waals surface area contributed by atoms with Crippen molar-refractivity contribution in [2.45, 2.75) is 59.0 Å². The van der Waals surface area contributed by atoms with Gasteiger partial charge in [-0.1, -0.05) is 20.3 Å². The van der Waals surface area contributed by atoms with Gasteiger partial charge in [-0.05, 0) is 26.3 Å². The maximum absolute atomic E-state index is 11.1. The molecule has 0 spiro atoms. The molecule has 2 unspecified atom stereocenters. The number of aliphatic carboxylic acids is 1. The molecule has 0 aliphatic heterocycles. The quantitative estimate of drug-likeness (QED) is 0.657. The molecule has 0 aliphatic rings. The highest BCUT2D eigenvalue weighted by atomic mass is 16.4. The van der Waals surface area contributed by atoms with E-state index in [0.717, 1.165) is 25.8 Å². The molecule has 5 nitrogen and oxygen atoms in total. The molecular formula is C13H26N2O3. The Morgan fingerprint density at radius 3 is 2.33 bits per heavy atom. The first-order chi connectivity index (χ1) is 8.42. The fraction of sp³-hybridized carbons (Fsp3) is 0.846. The second-order valence-electron chi connectivity index (χ2n) is 4.70. The molecule has 5 heteroatoms. The Kier molecular flexibility index (Phi) is 8.37. The summed E-state index contributed by atoms with van der Waals surface area (Å²) in [5.41, 5.74) is 0. The lowest BCUT2D eigenvalue weighted by molar-refractivity contribution is -0.142. The topological polar surface area (TPSA) is 69.6 Å². The second-order valence-corrected chi connectivity index (χ2v) is 4.70. The Bertz CT molecular complexity index is 269. The van der Waals surface area contributed by atoms with Crippen molar-refractivity contribution >= 4 is 11.9 Å². The van der Waals surface area contributed by atoms with Crippen LogP contribution in [0.3, 0.4) is 0 Å². The van der Waals surface area contributed by atoms with Crippen molar-refractivity contribution in [1.29, 1.82) is 0 Å². The SMILES string of the molecule is CCCCN(CC(NC(C)=O)C(=O)O)C(C)CC. The van der Waals surface area contributed by atoms with E-state index in [1.165, 1.54) is 6.92 Å². The lowest BCUT2D eigenvalue weighted by atomic mass is 10.1. The molecule has 0 saturated heterocycles. The molecule has 0 aromatic heterocycles. The molecule has 0 saturated carbocycles. The second kappa shape index (κ2) is 8.91. The highest BCUT2D eigenvalue weighted by Gasteiger charge is 2.23. The Hall–Kier alpha value is -1.10. The zero-order chi connectivity index (χ0) is 14.1. The van der Waals surface area contributed by atoms with E-state index in [2.05, 4.69) is 31.0 Å². The van der Waals surface area contributed by atoms with Gasteiger partial charge in [0, 0.05) is 19.5 Å². The van der Waals surface area contributed by atoms with Crippen molar-refractivity contribution in [3.8, 4) is 0 Å². The Labute approximate surface area is 110 Å². The van der Waals surface area contributed by atoms with E-state index in [9.17, 15) is 9.59 Å². The normalized spacial score (nSPS) is 14.3.